The zero-order valence-corrected chi connectivity index (χ0v) is 16.1. The van der Waals surface area contributed by atoms with Crippen molar-refractivity contribution < 1.29 is 14.3 Å². The van der Waals surface area contributed by atoms with Crippen molar-refractivity contribution in [1.29, 1.82) is 0 Å². The van der Waals surface area contributed by atoms with Crippen molar-refractivity contribution in [1.82, 2.24) is 10.6 Å². The molecule has 0 radical (unpaired) electrons. The van der Waals surface area contributed by atoms with Crippen molar-refractivity contribution in [2.24, 2.45) is 0 Å². The van der Waals surface area contributed by atoms with E-state index < -0.39 is 0 Å². The van der Waals surface area contributed by atoms with Gasteiger partial charge in [0.15, 0.2) is 6.61 Å². The molecule has 29 heavy (non-hydrogen) atoms. The third kappa shape index (κ3) is 6.81. The van der Waals surface area contributed by atoms with Gasteiger partial charge in [0, 0.05) is 18.7 Å². The summed E-state index contributed by atoms with van der Waals surface area (Å²) in [4.78, 5) is 24.3. The highest BCUT2D eigenvalue weighted by Gasteiger charge is 2.08. The summed E-state index contributed by atoms with van der Waals surface area (Å²) in [7, 11) is 0. The highest BCUT2D eigenvalue weighted by atomic mass is 16.5. The van der Waals surface area contributed by atoms with Gasteiger partial charge in [0.05, 0.1) is 0 Å². The van der Waals surface area contributed by atoms with Crippen LogP contribution in [0.25, 0.3) is 0 Å². The van der Waals surface area contributed by atoms with E-state index in [1.54, 1.807) is 24.3 Å². The van der Waals surface area contributed by atoms with Crippen molar-refractivity contribution in [2.45, 2.75) is 13.0 Å². The van der Waals surface area contributed by atoms with Crippen LogP contribution in [0.15, 0.2) is 84.9 Å². The van der Waals surface area contributed by atoms with Gasteiger partial charge in [0.25, 0.3) is 11.8 Å². The number of nitrogens with one attached hydrogen (secondary N) is 2. The highest BCUT2D eigenvalue weighted by Crippen LogP contribution is 2.13. The summed E-state index contributed by atoms with van der Waals surface area (Å²) < 4.78 is 5.53. The SMILES string of the molecule is O=C(COc1cccc(C(=O)NCc2ccccc2)c1)NCCc1ccccc1. The van der Waals surface area contributed by atoms with Crippen LogP contribution >= 0.6 is 0 Å². The van der Waals surface area contributed by atoms with Gasteiger partial charge < -0.3 is 15.4 Å². The number of hydrogen-bond donors (Lipinski definition) is 2. The lowest BCUT2D eigenvalue weighted by Crippen LogP contribution is -2.30. The lowest BCUT2D eigenvalue weighted by molar-refractivity contribution is -0.123. The Bertz CT molecular complexity index is 927. The molecule has 0 fully saturated rings. The predicted molar refractivity (Wildman–Crippen MR) is 113 cm³/mol. The number of ether oxygens (including phenoxy) is 1. The van der Waals surface area contributed by atoms with Crippen LogP contribution in [-0.4, -0.2) is 25.0 Å². The first kappa shape index (κ1) is 20.1. The standard InChI is InChI=1S/C24H24N2O3/c27-23(25-15-14-19-8-3-1-4-9-19)18-29-22-13-7-12-21(16-22)24(28)26-17-20-10-5-2-6-11-20/h1-13,16H,14-15,17-18H2,(H,25,27)(H,26,28). The van der Waals surface area contributed by atoms with Gasteiger partial charge in [-0.25, -0.2) is 0 Å². The number of rotatable bonds is 9. The van der Waals surface area contributed by atoms with E-state index in [0.29, 0.717) is 24.4 Å². The minimum atomic E-state index is -0.195. The summed E-state index contributed by atoms with van der Waals surface area (Å²) in [6.45, 7) is 0.909. The number of amides is 2. The van der Waals surface area contributed by atoms with Crippen molar-refractivity contribution in [3.63, 3.8) is 0 Å². The van der Waals surface area contributed by atoms with E-state index in [1.807, 2.05) is 60.7 Å². The topological polar surface area (TPSA) is 67.4 Å². The molecular weight excluding hydrogens is 364 g/mol. The molecule has 2 N–H and O–H groups in total. The summed E-state index contributed by atoms with van der Waals surface area (Å²) >= 11 is 0. The first-order valence-corrected chi connectivity index (χ1v) is 9.56. The lowest BCUT2D eigenvalue weighted by Gasteiger charge is -2.09. The van der Waals surface area contributed by atoms with Gasteiger partial charge in [0.1, 0.15) is 5.75 Å². The van der Waals surface area contributed by atoms with Crippen LogP contribution in [0.1, 0.15) is 21.5 Å². The van der Waals surface area contributed by atoms with E-state index in [2.05, 4.69) is 10.6 Å². The van der Waals surface area contributed by atoms with Crippen molar-refractivity contribution in [2.75, 3.05) is 13.2 Å². The Hall–Kier alpha value is -3.60. The molecule has 0 bridgehead atoms. The Labute approximate surface area is 170 Å². The predicted octanol–water partition coefficient (Wildman–Crippen LogP) is 3.35. The molecule has 148 valence electrons. The minimum absolute atomic E-state index is 0.0934. The van der Waals surface area contributed by atoms with Crippen molar-refractivity contribution in [3.8, 4) is 5.75 Å². The molecule has 0 saturated heterocycles. The van der Waals surface area contributed by atoms with Crippen LogP contribution in [-0.2, 0) is 17.8 Å². The molecule has 0 atom stereocenters. The van der Waals surface area contributed by atoms with Crippen LogP contribution in [0.5, 0.6) is 5.75 Å². The van der Waals surface area contributed by atoms with E-state index in [4.69, 9.17) is 4.74 Å². The van der Waals surface area contributed by atoms with Crippen LogP contribution < -0.4 is 15.4 Å². The molecule has 0 aliphatic heterocycles. The molecule has 5 heteroatoms. The molecule has 2 amide bonds. The van der Waals surface area contributed by atoms with Gasteiger partial charge in [-0.1, -0.05) is 66.7 Å². The van der Waals surface area contributed by atoms with E-state index >= 15 is 0 Å². The minimum Gasteiger partial charge on any atom is -0.484 e. The van der Waals surface area contributed by atoms with E-state index in [-0.39, 0.29) is 18.4 Å². The van der Waals surface area contributed by atoms with Crippen LogP contribution in [0.2, 0.25) is 0 Å². The summed E-state index contributed by atoms with van der Waals surface area (Å²) in [5.41, 5.74) is 2.69. The molecule has 0 unspecified atom stereocenters. The molecule has 0 saturated carbocycles. The maximum atomic E-state index is 12.3. The molecule has 0 aliphatic carbocycles. The Kier molecular flexibility index (Phi) is 7.41. The van der Waals surface area contributed by atoms with Crippen molar-refractivity contribution >= 4 is 11.8 Å². The molecule has 3 aromatic carbocycles. The maximum absolute atomic E-state index is 12.3. The third-order valence-electron chi connectivity index (χ3n) is 4.34. The second kappa shape index (κ2) is 10.7. The maximum Gasteiger partial charge on any atom is 0.257 e. The van der Waals surface area contributed by atoms with Crippen LogP contribution in [0, 0.1) is 0 Å². The third-order valence-corrected chi connectivity index (χ3v) is 4.34. The molecule has 0 heterocycles. The number of benzene rings is 3. The van der Waals surface area contributed by atoms with Gasteiger partial charge in [-0.05, 0) is 35.7 Å². The van der Waals surface area contributed by atoms with E-state index in [0.717, 1.165) is 12.0 Å². The molecule has 5 nitrogen and oxygen atoms in total. The van der Waals surface area contributed by atoms with Gasteiger partial charge in [0.2, 0.25) is 0 Å². The van der Waals surface area contributed by atoms with E-state index in [1.165, 1.54) is 5.56 Å². The lowest BCUT2D eigenvalue weighted by atomic mass is 10.1. The fourth-order valence-electron chi connectivity index (χ4n) is 2.80. The second-order valence-corrected chi connectivity index (χ2v) is 6.57. The quantitative estimate of drug-likeness (QED) is 0.591. The highest BCUT2D eigenvalue weighted by molar-refractivity contribution is 5.94. The van der Waals surface area contributed by atoms with Crippen LogP contribution in [0.4, 0.5) is 0 Å². The average Bonchev–Trinajstić information content (AvgIpc) is 2.78. The Morgan fingerprint density at radius 3 is 2.17 bits per heavy atom. The largest absolute Gasteiger partial charge is 0.484 e. The fourth-order valence-corrected chi connectivity index (χ4v) is 2.80. The molecular formula is C24H24N2O3. The summed E-state index contributed by atoms with van der Waals surface area (Å²) in [6.07, 6.45) is 0.768. The molecule has 0 aliphatic rings. The summed E-state index contributed by atoms with van der Waals surface area (Å²) in [5.74, 6) is 0.0991. The summed E-state index contributed by atoms with van der Waals surface area (Å²) in [5, 5.41) is 5.71. The zero-order valence-electron chi connectivity index (χ0n) is 16.1. The number of carbonyl (C=O) groups excluding carboxylic acids is 2. The fraction of sp³-hybridized carbons (Fsp3) is 0.167. The van der Waals surface area contributed by atoms with E-state index in [9.17, 15) is 9.59 Å². The average molecular weight is 388 g/mol. The van der Waals surface area contributed by atoms with Gasteiger partial charge in [-0.2, -0.15) is 0 Å². The first-order valence-electron chi connectivity index (χ1n) is 9.56. The zero-order chi connectivity index (χ0) is 20.3. The molecule has 3 aromatic rings. The van der Waals surface area contributed by atoms with Gasteiger partial charge in [-0.15, -0.1) is 0 Å². The Morgan fingerprint density at radius 2 is 1.45 bits per heavy atom. The second-order valence-electron chi connectivity index (χ2n) is 6.57. The smallest absolute Gasteiger partial charge is 0.257 e. The molecule has 3 rings (SSSR count). The molecule has 0 spiro atoms. The Balaban J connectivity index is 1.43. The normalized spacial score (nSPS) is 10.2. The van der Waals surface area contributed by atoms with Gasteiger partial charge >= 0.3 is 0 Å². The Morgan fingerprint density at radius 1 is 0.759 bits per heavy atom. The van der Waals surface area contributed by atoms with Crippen molar-refractivity contribution in [3.05, 3.63) is 102 Å². The first-order chi connectivity index (χ1) is 14.2. The monoisotopic (exact) mass is 388 g/mol. The number of hydrogen-bond acceptors (Lipinski definition) is 3. The number of carbonyl (C=O) groups is 2. The summed E-state index contributed by atoms with van der Waals surface area (Å²) in [6, 6.07) is 26.5. The molecule has 0 aromatic heterocycles. The van der Waals surface area contributed by atoms with Gasteiger partial charge in [-0.3, -0.25) is 9.59 Å². The van der Waals surface area contributed by atoms with Crippen LogP contribution in [0.3, 0.4) is 0 Å².